The summed E-state index contributed by atoms with van der Waals surface area (Å²) in [6.45, 7) is 1.63. The highest BCUT2D eigenvalue weighted by atomic mass is 32.2. The lowest BCUT2D eigenvalue weighted by Gasteiger charge is -2.13. The maximum Gasteiger partial charge on any atom is 0.339 e. The monoisotopic (exact) mass is 319 g/mol. The number of methoxy groups -OCH3 is 1. The molecule has 1 aromatic carbocycles. The Kier molecular flexibility index (Phi) is 6.25. The largest absolute Gasteiger partial charge is 0.465 e. The lowest BCUT2D eigenvalue weighted by Crippen LogP contribution is -2.33. The first-order chi connectivity index (χ1) is 9.81. The van der Waals surface area contributed by atoms with Crippen LogP contribution in [0.5, 0.6) is 0 Å². The highest BCUT2D eigenvalue weighted by molar-refractivity contribution is 7.89. The predicted molar refractivity (Wildman–Crippen MR) is 73.8 cm³/mol. The molecule has 2 N–H and O–H groups in total. The minimum Gasteiger partial charge on any atom is -0.465 e. The molecule has 8 heteroatoms. The van der Waals surface area contributed by atoms with Crippen LogP contribution in [0.25, 0.3) is 0 Å². The zero-order valence-corrected chi connectivity index (χ0v) is 12.6. The van der Waals surface area contributed by atoms with Gasteiger partial charge < -0.3 is 9.84 Å². The summed E-state index contributed by atoms with van der Waals surface area (Å²) >= 11 is 0. The molecular formula is C13H18FNO5S. The summed E-state index contributed by atoms with van der Waals surface area (Å²) in [7, 11) is -3.04. The van der Waals surface area contributed by atoms with Crippen LogP contribution in [0.15, 0.2) is 23.1 Å². The van der Waals surface area contributed by atoms with Crippen LogP contribution in [0.3, 0.4) is 0 Å². The third-order valence-electron chi connectivity index (χ3n) is 2.77. The zero-order chi connectivity index (χ0) is 16.0. The van der Waals surface area contributed by atoms with Gasteiger partial charge in [-0.25, -0.2) is 22.3 Å². The van der Waals surface area contributed by atoms with E-state index in [1.807, 2.05) is 6.92 Å². The molecule has 0 spiro atoms. The van der Waals surface area contributed by atoms with Crippen LogP contribution in [0.2, 0.25) is 0 Å². The van der Waals surface area contributed by atoms with Gasteiger partial charge in [0, 0.05) is 6.54 Å². The van der Waals surface area contributed by atoms with Crippen molar-refractivity contribution in [1.82, 2.24) is 4.72 Å². The van der Waals surface area contributed by atoms with Gasteiger partial charge in [0.05, 0.1) is 23.7 Å². The van der Waals surface area contributed by atoms with E-state index in [9.17, 15) is 22.7 Å². The van der Waals surface area contributed by atoms with Crippen molar-refractivity contribution in [2.75, 3.05) is 13.7 Å². The average molecular weight is 319 g/mol. The lowest BCUT2D eigenvalue weighted by molar-refractivity contribution is 0.0596. The van der Waals surface area contributed by atoms with Gasteiger partial charge in [0.2, 0.25) is 10.0 Å². The molecule has 0 saturated heterocycles. The molecule has 0 aliphatic heterocycles. The summed E-state index contributed by atoms with van der Waals surface area (Å²) in [4.78, 5) is 11.0. The van der Waals surface area contributed by atoms with E-state index in [1.165, 1.54) is 0 Å². The number of aliphatic hydroxyl groups is 1. The molecule has 118 valence electrons. The van der Waals surface area contributed by atoms with Crippen LogP contribution >= 0.6 is 0 Å². The molecule has 1 aromatic rings. The second-order valence-corrected chi connectivity index (χ2v) is 6.16. The summed E-state index contributed by atoms with van der Waals surface area (Å²) in [6, 6.07) is 2.75. The number of sulfonamides is 1. The van der Waals surface area contributed by atoms with Crippen LogP contribution in [-0.2, 0) is 14.8 Å². The van der Waals surface area contributed by atoms with Gasteiger partial charge in [-0.2, -0.15) is 0 Å². The van der Waals surface area contributed by atoms with Gasteiger partial charge in [-0.1, -0.05) is 13.3 Å². The van der Waals surface area contributed by atoms with Crippen LogP contribution in [0.4, 0.5) is 4.39 Å². The summed E-state index contributed by atoms with van der Waals surface area (Å²) in [5, 5.41) is 9.55. The van der Waals surface area contributed by atoms with E-state index in [1.54, 1.807) is 0 Å². The van der Waals surface area contributed by atoms with Crippen molar-refractivity contribution in [1.29, 1.82) is 0 Å². The van der Waals surface area contributed by atoms with Gasteiger partial charge in [0.15, 0.2) is 0 Å². The van der Waals surface area contributed by atoms with Crippen LogP contribution in [-0.4, -0.2) is 39.3 Å². The van der Waals surface area contributed by atoms with E-state index >= 15 is 0 Å². The number of esters is 1. The smallest absolute Gasteiger partial charge is 0.339 e. The number of halogens is 1. The average Bonchev–Trinajstić information content (AvgIpc) is 2.44. The zero-order valence-electron chi connectivity index (χ0n) is 11.8. The number of hydrogen-bond acceptors (Lipinski definition) is 5. The van der Waals surface area contributed by atoms with Gasteiger partial charge in [0.25, 0.3) is 0 Å². The van der Waals surface area contributed by atoms with E-state index in [0.29, 0.717) is 12.8 Å². The summed E-state index contributed by atoms with van der Waals surface area (Å²) in [5.74, 6) is -1.68. The third-order valence-corrected chi connectivity index (χ3v) is 4.23. The number of nitrogens with one attached hydrogen (secondary N) is 1. The van der Waals surface area contributed by atoms with Crippen molar-refractivity contribution in [2.45, 2.75) is 30.8 Å². The fraction of sp³-hybridized carbons (Fsp3) is 0.462. The highest BCUT2D eigenvalue weighted by Crippen LogP contribution is 2.18. The molecule has 0 aliphatic carbocycles. The van der Waals surface area contributed by atoms with E-state index in [0.717, 1.165) is 25.3 Å². The van der Waals surface area contributed by atoms with E-state index in [2.05, 4.69) is 9.46 Å². The maximum absolute atomic E-state index is 13.3. The van der Waals surface area contributed by atoms with Gasteiger partial charge in [-0.3, -0.25) is 0 Å². The predicted octanol–water partition coefficient (Wildman–Crippen LogP) is 1.05. The molecule has 1 atom stereocenters. The second kappa shape index (κ2) is 7.48. The quantitative estimate of drug-likeness (QED) is 0.733. The van der Waals surface area contributed by atoms with Crippen molar-refractivity contribution < 1.29 is 27.4 Å². The van der Waals surface area contributed by atoms with Gasteiger partial charge in [-0.05, 0) is 24.6 Å². The molecule has 0 aliphatic rings. The second-order valence-electron chi connectivity index (χ2n) is 4.43. The highest BCUT2D eigenvalue weighted by Gasteiger charge is 2.24. The van der Waals surface area contributed by atoms with Gasteiger partial charge >= 0.3 is 5.97 Å². The number of hydrogen-bond donors (Lipinski definition) is 2. The van der Waals surface area contributed by atoms with Crippen molar-refractivity contribution in [3.8, 4) is 0 Å². The number of aliphatic hydroxyl groups excluding tert-OH is 1. The standard InChI is InChI=1S/C13H18FNO5S/c1-3-4-10(16)8-15-21(18,19)12-7-9(14)5-6-11(12)13(17)20-2/h5-7,10,15-16H,3-4,8H2,1-2H3. The van der Waals surface area contributed by atoms with Crippen molar-refractivity contribution in [2.24, 2.45) is 0 Å². The van der Waals surface area contributed by atoms with Crippen molar-refractivity contribution in [3.63, 3.8) is 0 Å². The molecule has 0 saturated carbocycles. The van der Waals surface area contributed by atoms with Crippen molar-refractivity contribution >= 4 is 16.0 Å². The topological polar surface area (TPSA) is 92.7 Å². The molecule has 21 heavy (non-hydrogen) atoms. The minimum atomic E-state index is -4.13. The van der Waals surface area contributed by atoms with E-state index < -0.39 is 32.8 Å². The Labute approximate surface area is 123 Å². The van der Waals surface area contributed by atoms with Gasteiger partial charge in [-0.15, -0.1) is 0 Å². The third kappa shape index (κ3) is 4.76. The SMILES string of the molecule is CCCC(O)CNS(=O)(=O)c1cc(F)ccc1C(=O)OC. The number of ether oxygens (including phenoxy) is 1. The molecule has 1 rings (SSSR count). The fourth-order valence-corrected chi connectivity index (χ4v) is 2.99. The van der Waals surface area contributed by atoms with Crippen LogP contribution in [0, 0.1) is 5.82 Å². The Hall–Kier alpha value is -1.51. The van der Waals surface area contributed by atoms with Crippen molar-refractivity contribution in [3.05, 3.63) is 29.6 Å². The molecule has 0 heterocycles. The first kappa shape index (κ1) is 17.5. The summed E-state index contributed by atoms with van der Waals surface area (Å²) in [6.07, 6.45) is 0.270. The number of rotatable bonds is 7. The Morgan fingerprint density at radius 3 is 2.71 bits per heavy atom. The first-order valence-electron chi connectivity index (χ1n) is 6.37. The Morgan fingerprint density at radius 2 is 2.14 bits per heavy atom. The Bertz CT molecular complexity index is 603. The molecule has 0 fully saturated rings. The maximum atomic E-state index is 13.3. The van der Waals surface area contributed by atoms with Gasteiger partial charge in [0.1, 0.15) is 5.82 Å². The number of carbonyl (C=O) groups excluding carboxylic acids is 1. The first-order valence-corrected chi connectivity index (χ1v) is 7.85. The molecule has 1 unspecified atom stereocenters. The molecule has 6 nitrogen and oxygen atoms in total. The Balaban J connectivity index is 3.07. The number of carbonyl (C=O) groups is 1. The summed E-state index contributed by atoms with van der Waals surface area (Å²) < 4.78 is 44.2. The Morgan fingerprint density at radius 1 is 1.48 bits per heavy atom. The molecule has 0 aromatic heterocycles. The van der Waals surface area contributed by atoms with E-state index in [-0.39, 0.29) is 12.1 Å². The summed E-state index contributed by atoms with van der Waals surface area (Å²) in [5.41, 5.74) is -0.267. The number of benzene rings is 1. The molecule has 0 amide bonds. The molecular weight excluding hydrogens is 301 g/mol. The minimum absolute atomic E-state index is 0.215. The molecule has 0 bridgehead atoms. The van der Waals surface area contributed by atoms with E-state index in [4.69, 9.17) is 0 Å². The fourth-order valence-electron chi connectivity index (χ4n) is 1.72. The normalized spacial score (nSPS) is 13.0. The lowest BCUT2D eigenvalue weighted by atomic mass is 10.2. The van der Waals surface area contributed by atoms with Crippen LogP contribution < -0.4 is 4.72 Å². The van der Waals surface area contributed by atoms with Crippen LogP contribution in [0.1, 0.15) is 30.1 Å². The molecule has 0 radical (unpaired) electrons.